The van der Waals surface area contributed by atoms with Crippen LogP contribution in [-0.2, 0) is 17.8 Å². The zero-order valence-electron chi connectivity index (χ0n) is 16.5. The van der Waals surface area contributed by atoms with Crippen molar-refractivity contribution in [3.05, 3.63) is 63.9 Å². The van der Waals surface area contributed by atoms with Gasteiger partial charge in [0, 0.05) is 23.2 Å². The lowest BCUT2D eigenvalue weighted by atomic mass is 10.1. The Labute approximate surface area is 176 Å². The van der Waals surface area contributed by atoms with E-state index in [1.165, 1.54) is 7.11 Å². The third-order valence-electron chi connectivity index (χ3n) is 5.41. The summed E-state index contributed by atoms with van der Waals surface area (Å²) in [6.45, 7) is 1.02. The standard InChI is InChI=1S/C22H19N3O4S/c1-28-17-8-7-13(21(27)29-2)11-14(17)12-25-16-6-4-3-5-15(16)18-19(25)20(26)24-9-10-30-22(24)23-18/h3-8,11H,9-10,12H2,1-2H3. The van der Waals surface area contributed by atoms with Crippen molar-refractivity contribution in [3.63, 3.8) is 0 Å². The Hall–Kier alpha value is -3.26. The number of fused-ring (bicyclic) bond motifs is 4. The summed E-state index contributed by atoms with van der Waals surface area (Å²) >= 11 is 1.60. The molecule has 152 valence electrons. The number of methoxy groups -OCH3 is 2. The number of carbonyl (C=O) groups excluding carboxylic acids is 1. The molecule has 8 heteroatoms. The van der Waals surface area contributed by atoms with Crippen molar-refractivity contribution in [1.29, 1.82) is 0 Å². The van der Waals surface area contributed by atoms with E-state index < -0.39 is 5.97 Å². The molecule has 0 atom stereocenters. The lowest BCUT2D eigenvalue weighted by molar-refractivity contribution is 0.0600. The number of hydrogen-bond acceptors (Lipinski definition) is 6. The topological polar surface area (TPSA) is 75.3 Å². The fourth-order valence-electron chi connectivity index (χ4n) is 4.00. The predicted molar refractivity (Wildman–Crippen MR) is 116 cm³/mol. The Morgan fingerprint density at radius 2 is 2.03 bits per heavy atom. The van der Waals surface area contributed by atoms with Crippen LogP contribution in [0.25, 0.3) is 21.9 Å². The minimum atomic E-state index is -0.419. The number of thioether (sulfide) groups is 1. The van der Waals surface area contributed by atoms with Gasteiger partial charge in [-0.3, -0.25) is 9.36 Å². The van der Waals surface area contributed by atoms with Gasteiger partial charge in [0.15, 0.2) is 5.16 Å². The highest BCUT2D eigenvalue weighted by molar-refractivity contribution is 7.99. The van der Waals surface area contributed by atoms with Crippen LogP contribution in [0.5, 0.6) is 5.75 Å². The molecule has 0 N–H and O–H groups in total. The highest BCUT2D eigenvalue weighted by Crippen LogP contribution is 2.31. The Kier molecular flexibility index (Phi) is 4.51. The van der Waals surface area contributed by atoms with E-state index in [2.05, 4.69) is 0 Å². The number of esters is 1. The fourth-order valence-corrected chi connectivity index (χ4v) is 4.95. The van der Waals surface area contributed by atoms with Gasteiger partial charge >= 0.3 is 5.97 Å². The minimum Gasteiger partial charge on any atom is -0.496 e. The molecular formula is C22H19N3O4S. The molecule has 2 aromatic heterocycles. The first-order valence-electron chi connectivity index (χ1n) is 9.52. The molecule has 5 rings (SSSR count). The highest BCUT2D eigenvalue weighted by atomic mass is 32.2. The summed E-state index contributed by atoms with van der Waals surface area (Å²) in [5, 5.41) is 1.70. The third kappa shape index (κ3) is 2.79. The third-order valence-corrected chi connectivity index (χ3v) is 6.36. The summed E-state index contributed by atoms with van der Waals surface area (Å²) in [6, 6.07) is 13.0. The van der Waals surface area contributed by atoms with E-state index in [4.69, 9.17) is 14.5 Å². The number of benzene rings is 2. The number of aromatic nitrogens is 3. The second-order valence-electron chi connectivity index (χ2n) is 7.02. The van der Waals surface area contributed by atoms with Crippen LogP contribution in [-0.4, -0.2) is 40.1 Å². The number of nitrogens with zero attached hydrogens (tertiary/aromatic N) is 3. The Morgan fingerprint density at radius 3 is 2.83 bits per heavy atom. The smallest absolute Gasteiger partial charge is 0.337 e. The van der Waals surface area contributed by atoms with E-state index in [-0.39, 0.29) is 5.56 Å². The van der Waals surface area contributed by atoms with Crippen molar-refractivity contribution in [3.8, 4) is 5.75 Å². The second-order valence-corrected chi connectivity index (χ2v) is 8.08. The van der Waals surface area contributed by atoms with Gasteiger partial charge in [0.05, 0.1) is 31.8 Å². The van der Waals surface area contributed by atoms with Gasteiger partial charge in [-0.05, 0) is 24.3 Å². The Balaban J connectivity index is 1.77. The van der Waals surface area contributed by atoms with Gasteiger partial charge in [0.25, 0.3) is 5.56 Å². The van der Waals surface area contributed by atoms with Crippen LogP contribution in [0, 0.1) is 0 Å². The average Bonchev–Trinajstić information content (AvgIpc) is 3.37. The molecular weight excluding hydrogens is 402 g/mol. The van der Waals surface area contributed by atoms with Gasteiger partial charge in [-0.2, -0.15) is 0 Å². The molecule has 0 fully saturated rings. The van der Waals surface area contributed by atoms with E-state index in [1.807, 2.05) is 28.8 Å². The van der Waals surface area contributed by atoms with Crippen LogP contribution in [0.2, 0.25) is 0 Å². The van der Waals surface area contributed by atoms with Crippen molar-refractivity contribution < 1.29 is 14.3 Å². The second kappa shape index (κ2) is 7.21. The number of carbonyl (C=O) groups is 1. The maximum absolute atomic E-state index is 13.4. The molecule has 0 spiro atoms. The molecule has 0 radical (unpaired) electrons. The van der Waals surface area contributed by atoms with Crippen molar-refractivity contribution in [2.24, 2.45) is 0 Å². The van der Waals surface area contributed by atoms with Crippen LogP contribution in [0.4, 0.5) is 0 Å². The van der Waals surface area contributed by atoms with Crippen LogP contribution in [0.1, 0.15) is 15.9 Å². The zero-order chi connectivity index (χ0) is 20.8. The van der Waals surface area contributed by atoms with Crippen LogP contribution < -0.4 is 10.3 Å². The van der Waals surface area contributed by atoms with Gasteiger partial charge in [-0.1, -0.05) is 30.0 Å². The van der Waals surface area contributed by atoms with Gasteiger partial charge < -0.3 is 14.0 Å². The summed E-state index contributed by atoms with van der Waals surface area (Å²) in [6.07, 6.45) is 0. The van der Waals surface area contributed by atoms with Crippen molar-refractivity contribution in [2.45, 2.75) is 18.2 Å². The summed E-state index contributed by atoms with van der Waals surface area (Å²) < 4.78 is 14.1. The van der Waals surface area contributed by atoms with Crippen LogP contribution in [0.3, 0.4) is 0 Å². The molecule has 1 aliphatic heterocycles. The molecule has 1 aliphatic rings. The molecule has 0 unspecified atom stereocenters. The first-order chi connectivity index (χ1) is 14.6. The van der Waals surface area contributed by atoms with Crippen molar-refractivity contribution in [1.82, 2.24) is 14.1 Å². The van der Waals surface area contributed by atoms with Crippen LogP contribution >= 0.6 is 11.8 Å². The average molecular weight is 421 g/mol. The Bertz CT molecular complexity index is 1370. The summed E-state index contributed by atoms with van der Waals surface area (Å²) in [5.74, 6) is 1.07. The van der Waals surface area contributed by atoms with Gasteiger partial charge in [-0.25, -0.2) is 9.78 Å². The maximum Gasteiger partial charge on any atom is 0.337 e. The molecule has 0 amide bonds. The number of rotatable bonds is 4. The number of hydrogen-bond donors (Lipinski definition) is 0. The van der Waals surface area contributed by atoms with Gasteiger partial charge in [0.2, 0.25) is 0 Å². The molecule has 0 saturated carbocycles. The van der Waals surface area contributed by atoms with E-state index in [1.54, 1.807) is 41.6 Å². The van der Waals surface area contributed by atoms with E-state index in [0.717, 1.165) is 27.4 Å². The zero-order valence-corrected chi connectivity index (χ0v) is 17.4. The predicted octanol–water partition coefficient (Wildman–Crippen LogP) is 3.30. The van der Waals surface area contributed by atoms with Crippen molar-refractivity contribution >= 4 is 39.7 Å². The Morgan fingerprint density at radius 1 is 1.20 bits per heavy atom. The lowest BCUT2D eigenvalue weighted by Crippen LogP contribution is -2.22. The number of para-hydroxylation sites is 1. The summed E-state index contributed by atoms with van der Waals surface area (Å²) in [7, 11) is 2.94. The monoisotopic (exact) mass is 421 g/mol. The quantitative estimate of drug-likeness (QED) is 0.372. The molecule has 30 heavy (non-hydrogen) atoms. The van der Waals surface area contributed by atoms with E-state index >= 15 is 0 Å². The first kappa shape index (κ1) is 18.7. The largest absolute Gasteiger partial charge is 0.496 e. The summed E-state index contributed by atoms with van der Waals surface area (Å²) in [4.78, 5) is 30.2. The van der Waals surface area contributed by atoms with Crippen molar-refractivity contribution in [2.75, 3.05) is 20.0 Å². The van der Waals surface area contributed by atoms with Crippen LogP contribution in [0.15, 0.2) is 52.4 Å². The fraction of sp³-hybridized carbons (Fsp3) is 0.227. The molecule has 0 saturated heterocycles. The summed E-state index contributed by atoms with van der Waals surface area (Å²) in [5.41, 5.74) is 3.35. The van der Waals surface area contributed by atoms with E-state index in [9.17, 15) is 9.59 Å². The minimum absolute atomic E-state index is 0.0423. The molecule has 0 bridgehead atoms. The highest BCUT2D eigenvalue weighted by Gasteiger charge is 2.23. The SMILES string of the molecule is COC(=O)c1ccc(OC)c(Cn2c3ccccc3c3nc4n(c(=O)c32)CCS4)c1. The molecule has 0 aliphatic carbocycles. The van der Waals surface area contributed by atoms with E-state index in [0.29, 0.717) is 35.4 Å². The molecule has 4 aromatic rings. The lowest BCUT2D eigenvalue weighted by Gasteiger charge is -2.13. The first-order valence-corrected chi connectivity index (χ1v) is 10.5. The van der Waals surface area contributed by atoms with Gasteiger partial charge in [0.1, 0.15) is 16.8 Å². The normalized spacial score (nSPS) is 13.0. The number of ether oxygens (including phenoxy) is 2. The molecule has 2 aromatic carbocycles. The van der Waals surface area contributed by atoms with Gasteiger partial charge in [-0.15, -0.1) is 0 Å². The maximum atomic E-state index is 13.4. The molecule has 7 nitrogen and oxygen atoms in total. The molecule has 3 heterocycles.